The van der Waals surface area contributed by atoms with Crippen molar-refractivity contribution in [2.24, 2.45) is 0 Å². The van der Waals surface area contributed by atoms with Crippen LogP contribution in [0.25, 0.3) is 11.8 Å². The Bertz CT molecular complexity index is 978. The third kappa shape index (κ3) is 3.09. The molecule has 1 aliphatic heterocycles. The lowest BCUT2D eigenvalue weighted by molar-refractivity contribution is -0.122. The van der Waals surface area contributed by atoms with Crippen LogP contribution in [-0.2, 0) is 4.79 Å². The van der Waals surface area contributed by atoms with Gasteiger partial charge in [-0.2, -0.15) is 5.26 Å². The van der Waals surface area contributed by atoms with E-state index in [1.165, 1.54) is 11.0 Å². The molecule has 2 amide bonds. The second-order valence-electron chi connectivity index (χ2n) is 5.90. The van der Waals surface area contributed by atoms with Crippen LogP contribution in [0.4, 0.5) is 4.79 Å². The molecule has 1 aliphatic rings. The van der Waals surface area contributed by atoms with Gasteiger partial charge in [-0.3, -0.25) is 14.5 Å². The van der Waals surface area contributed by atoms with Gasteiger partial charge in [-0.15, -0.1) is 6.58 Å². The van der Waals surface area contributed by atoms with Crippen molar-refractivity contribution in [3.8, 4) is 11.8 Å². The predicted molar refractivity (Wildman–Crippen MR) is 103 cm³/mol. The van der Waals surface area contributed by atoms with Crippen LogP contribution in [0, 0.1) is 25.2 Å². The molecule has 1 aromatic heterocycles. The van der Waals surface area contributed by atoms with Gasteiger partial charge in [-0.25, -0.2) is 0 Å². The average molecular weight is 363 g/mol. The van der Waals surface area contributed by atoms with Crippen molar-refractivity contribution in [2.45, 2.75) is 13.8 Å². The number of rotatable bonds is 4. The minimum atomic E-state index is -0.289. The number of amides is 2. The van der Waals surface area contributed by atoms with E-state index in [9.17, 15) is 9.59 Å². The Morgan fingerprint density at radius 1 is 1.23 bits per heavy atom. The maximum absolute atomic E-state index is 12.4. The highest BCUT2D eigenvalue weighted by Gasteiger charge is 2.34. The molecule has 1 saturated heterocycles. The molecule has 2 heterocycles. The fraction of sp³-hybridized carbons (Fsp3) is 0.150. The van der Waals surface area contributed by atoms with Crippen LogP contribution in [-0.4, -0.2) is 27.2 Å². The van der Waals surface area contributed by atoms with Gasteiger partial charge >= 0.3 is 0 Å². The Morgan fingerprint density at radius 2 is 1.92 bits per heavy atom. The first-order chi connectivity index (χ1) is 12.5. The van der Waals surface area contributed by atoms with E-state index in [1.807, 2.05) is 32.0 Å². The smallest absolute Gasteiger partial charge is 0.293 e. The predicted octanol–water partition coefficient (Wildman–Crippen LogP) is 4.19. The molecule has 5 nitrogen and oxygen atoms in total. The maximum atomic E-state index is 12.4. The summed E-state index contributed by atoms with van der Waals surface area (Å²) in [5.74, 6) is -0.289. The molecule has 0 bridgehead atoms. The van der Waals surface area contributed by atoms with E-state index in [0.29, 0.717) is 10.5 Å². The molecule has 6 heteroatoms. The van der Waals surface area contributed by atoms with Crippen LogP contribution in [0.2, 0.25) is 0 Å². The molecule has 0 unspecified atom stereocenters. The van der Waals surface area contributed by atoms with E-state index in [1.54, 1.807) is 18.2 Å². The molecule has 0 spiro atoms. The van der Waals surface area contributed by atoms with Gasteiger partial charge in [0.15, 0.2) is 0 Å². The molecule has 0 N–H and O–H groups in total. The quantitative estimate of drug-likeness (QED) is 0.603. The molecule has 3 rings (SSSR count). The minimum absolute atomic E-state index is 0.215. The minimum Gasteiger partial charge on any atom is -0.318 e. The fourth-order valence-electron chi connectivity index (χ4n) is 2.94. The summed E-state index contributed by atoms with van der Waals surface area (Å²) in [6, 6.07) is 11.4. The number of thioether (sulfide) groups is 1. The van der Waals surface area contributed by atoms with Crippen molar-refractivity contribution < 1.29 is 9.59 Å². The Kier molecular flexibility index (Phi) is 4.83. The van der Waals surface area contributed by atoms with Gasteiger partial charge < -0.3 is 4.57 Å². The van der Waals surface area contributed by atoms with E-state index in [2.05, 4.69) is 17.2 Å². The summed E-state index contributed by atoms with van der Waals surface area (Å²) < 4.78 is 2.06. The van der Waals surface area contributed by atoms with E-state index in [0.717, 1.165) is 34.4 Å². The number of carbonyl (C=O) groups excluding carboxylic acids is 2. The highest BCUT2D eigenvalue weighted by atomic mass is 32.2. The standard InChI is InChI=1S/C20H17N3O2S/c1-4-9-22-19(24)18(26-20(22)25)11-16-10-13(2)23(14(16)3)17-7-5-15(12-21)6-8-17/h4-8,10-11H,1,9H2,2-3H3. The average Bonchev–Trinajstić information content (AvgIpc) is 3.05. The number of aromatic nitrogens is 1. The van der Waals surface area contributed by atoms with Crippen LogP contribution >= 0.6 is 11.8 Å². The number of benzene rings is 1. The first-order valence-corrected chi connectivity index (χ1v) is 8.83. The molecular weight excluding hydrogens is 346 g/mol. The summed E-state index contributed by atoms with van der Waals surface area (Å²) in [7, 11) is 0. The van der Waals surface area contributed by atoms with Gasteiger partial charge in [-0.05, 0) is 67.6 Å². The number of hydrogen-bond donors (Lipinski definition) is 0. The lowest BCUT2D eigenvalue weighted by Crippen LogP contribution is -2.27. The summed E-state index contributed by atoms with van der Waals surface area (Å²) in [6.07, 6.45) is 3.30. The number of nitriles is 1. The normalized spacial score (nSPS) is 15.6. The van der Waals surface area contributed by atoms with Gasteiger partial charge in [0.1, 0.15) is 0 Å². The Hall–Kier alpha value is -3.04. The van der Waals surface area contributed by atoms with Gasteiger partial charge in [0, 0.05) is 23.6 Å². The van der Waals surface area contributed by atoms with E-state index >= 15 is 0 Å². The molecule has 0 atom stereocenters. The SMILES string of the molecule is C=CCN1C(=O)SC(=Cc2cc(C)n(-c3ccc(C#N)cc3)c2C)C1=O. The van der Waals surface area contributed by atoms with E-state index in [4.69, 9.17) is 5.26 Å². The van der Waals surface area contributed by atoms with Gasteiger partial charge in [0.25, 0.3) is 11.1 Å². The summed E-state index contributed by atoms with van der Waals surface area (Å²) in [5.41, 5.74) is 4.40. The highest BCUT2D eigenvalue weighted by molar-refractivity contribution is 8.18. The summed E-state index contributed by atoms with van der Waals surface area (Å²) >= 11 is 0.947. The summed E-state index contributed by atoms with van der Waals surface area (Å²) in [5, 5.41) is 8.67. The molecular formula is C20H17N3O2S. The Morgan fingerprint density at radius 3 is 2.54 bits per heavy atom. The third-order valence-corrected chi connectivity index (χ3v) is 5.10. The zero-order valence-corrected chi connectivity index (χ0v) is 15.3. The molecule has 130 valence electrons. The zero-order valence-electron chi connectivity index (χ0n) is 14.5. The van der Waals surface area contributed by atoms with Gasteiger partial charge in [0.05, 0.1) is 16.5 Å². The van der Waals surface area contributed by atoms with Crippen LogP contribution in [0.3, 0.4) is 0 Å². The van der Waals surface area contributed by atoms with Crippen LogP contribution < -0.4 is 0 Å². The number of imide groups is 1. The number of nitrogens with zero attached hydrogens (tertiary/aromatic N) is 3. The van der Waals surface area contributed by atoms with Crippen molar-refractivity contribution in [1.29, 1.82) is 5.26 Å². The van der Waals surface area contributed by atoms with E-state index in [-0.39, 0.29) is 17.7 Å². The Labute approximate surface area is 156 Å². The van der Waals surface area contributed by atoms with Crippen molar-refractivity contribution in [3.63, 3.8) is 0 Å². The Balaban J connectivity index is 1.98. The summed E-state index contributed by atoms with van der Waals surface area (Å²) in [6.45, 7) is 7.73. The molecule has 0 saturated carbocycles. The second-order valence-corrected chi connectivity index (χ2v) is 6.89. The van der Waals surface area contributed by atoms with Crippen LogP contribution in [0.15, 0.2) is 47.9 Å². The first-order valence-electron chi connectivity index (χ1n) is 8.02. The van der Waals surface area contributed by atoms with Crippen molar-refractivity contribution >= 4 is 29.0 Å². The molecule has 0 aliphatic carbocycles. The monoisotopic (exact) mass is 363 g/mol. The maximum Gasteiger partial charge on any atom is 0.293 e. The van der Waals surface area contributed by atoms with Crippen molar-refractivity contribution in [2.75, 3.05) is 6.54 Å². The zero-order chi connectivity index (χ0) is 18.8. The lowest BCUT2D eigenvalue weighted by atomic mass is 10.2. The third-order valence-electron chi connectivity index (χ3n) is 4.20. The molecule has 1 fully saturated rings. The number of hydrogen-bond acceptors (Lipinski definition) is 4. The van der Waals surface area contributed by atoms with Gasteiger partial charge in [-0.1, -0.05) is 6.08 Å². The molecule has 0 radical (unpaired) electrons. The molecule has 26 heavy (non-hydrogen) atoms. The summed E-state index contributed by atoms with van der Waals surface area (Å²) in [4.78, 5) is 25.9. The number of carbonyl (C=O) groups is 2. The van der Waals surface area contributed by atoms with Gasteiger partial charge in [0.2, 0.25) is 0 Å². The van der Waals surface area contributed by atoms with Crippen LogP contribution in [0.5, 0.6) is 0 Å². The second kappa shape index (κ2) is 7.06. The highest BCUT2D eigenvalue weighted by Crippen LogP contribution is 2.33. The largest absolute Gasteiger partial charge is 0.318 e. The first kappa shape index (κ1) is 17.8. The fourth-order valence-corrected chi connectivity index (χ4v) is 3.78. The number of aryl methyl sites for hydroxylation is 1. The lowest BCUT2D eigenvalue weighted by Gasteiger charge is -2.09. The van der Waals surface area contributed by atoms with Crippen molar-refractivity contribution in [1.82, 2.24) is 9.47 Å². The molecule has 1 aromatic carbocycles. The van der Waals surface area contributed by atoms with E-state index < -0.39 is 0 Å². The van der Waals surface area contributed by atoms with Crippen LogP contribution in [0.1, 0.15) is 22.5 Å². The van der Waals surface area contributed by atoms with Crippen molar-refractivity contribution in [3.05, 3.63) is 70.4 Å². The molecule has 2 aromatic rings. The topological polar surface area (TPSA) is 66.1 Å².